The van der Waals surface area contributed by atoms with E-state index in [1.54, 1.807) is 18.6 Å². The van der Waals surface area contributed by atoms with Crippen LogP contribution in [0, 0.1) is 5.41 Å². The van der Waals surface area contributed by atoms with Crippen molar-refractivity contribution in [3.8, 4) is 11.4 Å². The molecule has 7 heteroatoms. The van der Waals surface area contributed by atoms with Gasteiger partial charge in [-0.05, 0) is 49.4 Å². The number of anilines is 1. The molecule has 3 aromatic rings. The molecular weight excluding hydrogens is 360 g/mol. The first-order chi connectivity index (χ1) is 13.2. The Labute approximate surface area is 163 Å². The first kappa shape index (κ1) is 16.8. The average Bonchev–Trinajstić information content (AvgIpc) is 3.17. The second-order valence-corrected chi connectivity index (χ2v) is 7.88. The summed E-state index contributed by atoms with van der Waals surface area (Å²) in [6, 6.07) is 5.81. The van der Waals surface area contributed by atoms with E-state index in [0.29, 0.717) is 21.9 Å². The van der Waals surface area contributed by atoms with E-state index in [2.05, 4.69) is 20.2 Å². The van der Waals surface area contributed by atoms with Crippen LogP contribution in [0.1, 0.15) is 19.3 Å². The summed E-state index contributed by atoms with van der Waals surface area (Å²) in [5, 5.41) is 4.91. The molecule has 0 saturated carbocycles. The quantitative estimate of drug-likeness (QED) is 0.688. The molecule has 0 atom stereocenters. The second-order valence-electron chi connectivity index (χ2n) is 7.52. The fourth-order valence-corrected chi connectivity index (χ4v) is 4.49. The summed E-state index contributed by atoms with van der Waals surface area (Å²) in [7, 11) is 0. The molecule has 2 fully saturated rings. The van der Waals surface area contributed by atoms with E-state index in [9.17, 15) is 0 Å². The highest BCUT2D eigenvalue weighted by Gasteiger charge is 2.37. The minimum absolute atomic E-state index is 0.417. The normalized spacial score (nSPS) is 19.1. The van der Waals surface area contributed by atoms with Crippen molar-refractivity contribution in [1.82, 2.24) is 25.3 Å². The third-order valence-electron chi connectivity index (χ3n) is 5.94. The predicted octanol–water partition coefficient (Wildman–Crippen LogP) is 3.32. The van der Waals surface area contributed by atoms with Crippen molar-refractivity contribution in [3.05, 3.63) is 41.9 Å². The number of hydrogen-bond acceptors (Lipinski definition) is 6. The Morgan fingerprint density at radius 2 is 1.81 bits per heavy atom. The molecule has 1 spiro atoms. The van der Waals surface area contributed by atoms with Gasteiger partial charge in [-0.15, -0.1) is 0 Å². The van der Waals surface area contributed by atoms with Crippen LogP contribution < -0.4 is 10.2 Å². The Morgan fingerprint density at radius 1 is 1.00 bits per heavy atom. The lowest BCUT2D eigenvalue weighted by Crippen LogP contribution is -2.41. The summed E-state index contributed by atoms with van der Waals surface area (Å²) in [6.45, 7) is 4.29. The SMILES string of the molecule is Clc1nccc2c(N3CCC4(CCNC4)CC3)nc(-c3ccncc3)nc12. The largest absolute Gasteiger partial charge is 0.356 e. The standard InChI is InChI=1S/C20H21ClN6/c21-17-16-15(3-9-24-17)19(26-18(25-16)14-1-7-22-8-2-14)27-11-5-20(6-12-27)4-10-23-13-20/h1-3,7-9,23H,4-6,10-13H2. The predicted molar refractivity (Wildman–Crippen MR) is 107 cm³/mol. The maximum Gasteiger partial charge on any atom is 0.162 e. The Bertz CT molecular complexity index is 961. The molecule has 0 aromatic carbocycles. The Balaban J connectivity index is 1.57. The zero-order chi connectivity index (χ0) is 18.3. The monoisotopic (exact) mass is 380 g/mol. The van der Waals surface area contributed by atoms with Crippen molar-refractivity contribution in [2.24, 2.45) is 5.41 Å². The third-order valence-corrected chi connectivity index (χ3v) is 6.22. The first-order valence-corrected chi connectivity index (χ1v) is 9.80. The maximum absolute atomic E-state index is 6.39. The van der Waals surface area contributed by atoms with Gasteiger partial charge in [0, 0.05) is 49.2 Å². The molecule has 5 rings (SSSR count). The van der Waals surface area contributed by atoms with Crippen molar-refractivity contribution >= 4 is 28.3 Å². The lowest BCUT2D eigenvalue weighted by atomic mass is 9.78. The van der Waals surface area contributed by atoms with E-state index in [-0.39, 0.29) is 0 Å². The van der Waals surface area contributed by atoms with Crippen LogP contribution in [0.2, 0.25) is 5.15 Å². The highest BCUT2D eigenvalue weighted by Crippen LogP contribution is 2.39. The Kier molecular flexibility index (Phi) is 4.17. The second kappa shape index (κ2) is 6.69. The number of halogens is 1. The van der Waals surface area contributed by atoms with Crippen LogP contribution in [0.25, 0.3) is 22.3 Å². The highest BCUT2D eigenvalue weighted by molar-refractivity contribution is 6.34. The van der Waals surface area contributed by atoms with Crippen LogP contribution in [0.4, 0.5) is 5.82 Å². The molecule has 3 aromatic heterocycles. The van der Waals surface area contributed by atoms with Gasteiger partial charge in [0.25, 0.3) is 0 Å². The summed E-state index contributed by atoms with van der Waals surface area (Å²) >= 11 is 6.39. The maximum atomic E-state index is 6.39. The highest BCUT2D eigenvalue weighted by atomic mass is 35.5. The van der Waals surface area contributed by atoms with Gasteiger partial charge in [0.1, 0.15) is 11.3 Å². The van der Waals surface area contributed by atoms with E-state index < -0.39 is 0 Å². The number of nitrogens with zero attached hydrogens (tertiary/aromatic N) is 5. The van der Waals surface area contributed by atoms with Gasteiger partial charge in [-0.2, -0.15) is 0 Å². The molecule has 2 saturated heterocycles. The zero-order valence-electron chi connectivity index (χ0n) is 15.0. The van der Waals surface area contributed by atoms with Gasteiger partial charge in [-0.3, -0.25) is 4.98 Å². The number of fused-ring (bicyclic) bond motifs is 1. The summed E-state index contributed by atoms with van der Waals surface area (Å²) in [4.78, 5) is 20.3. The van der Waals surface area contributed by atoms with E-state index >= 15 is 0 Å². The molecule has 2 aliphatic rings. The molecule has 27 heavy (non-hydrogen) atoms. The molecule has 0 bridgehead atoms. The minimum atomic E-state index is 0.417. The number of rotatable bonds is 2. The smallest absolute Gasteiger partial charge is 0.162 e. The lowest BCUT2D eigenvalue weighted by molar-refractivity contribution is 0.247. The summed E-state index contributed by atoms with van der Waals surface area (Å²) in [6.07, 6.45) is 8.90. The van der Waals surface area contributed by atoms with Crippen LogP contribution in [0.5, 0.6) is 0 Å². The number of aromatic nitrogens is 4. The van der Waals surface area contributed by atoms with Crippen molar-refractivity contribution < 1.29 is 0 Å². The van der Waals surface area contributed by atoms with E-state index in [0.717, 1.165) is 42.9 Å². The van der Waals surface area contributed by atoms with Crippen LogP contribution in [0.15, 0.2) is 36.8 Å². The minimum Gasteiger partial charge on any atom is -0.356 e. The average molecular weight is 381 g/mol. The van der Waals surface area contributed by atoms with Gasteiger partial charge in [0.05, 0.1) is 0 Å². The summed E-state index contributed by atoms with van der Waals surface area (Å²) in [5.74, 6) is 1.62. The van der Waals surface area contributed by atoms with Crippen LogP contribution in [0.3, 0.4) is 0 Å². The molecular formula is C20H21ClN6. The van der Waals surface area contributed by atoms with E-state index in [4.69, 9.17) is 21.6 Å². The number of pyridine rings is 2. The molecule has 138 valence electrons. The molecule has 2 aliphatic heterocycles. The Morgan fingerprint density at radius 3 is 2.56 bits per heavy atom. The van der Waals surface area contributed by atoms with Gasteiger partial charge in [-0.25, -0.2) is 15.0 Å². The first-order valence-electron chi connectivity index (χ1n) is 9.43. The van der Waals surface area contributed by atoms with Gasteiger partial charge in [0.2, 0.25) is 0 Å². The van der Waals surface area contributed by atoms with Gasteiger partial charge < -0.3 is 10.2 Å². The summed E-state index contributed by atoms with van der Waals surface area (Å²) < 4.78 is 0. The molecule has 0 radical (unpaired) electrons. The van der Waals surface area contributed by atoms with Crippen molar-refractivity contribution in [1.29, 1.82) is 0 Å². The van der Waals surface area contributed by atoms with E-state index in [1.807, 2.05) is 18.2 Å². The Hall–Kier alpha value is -2.31. The number of nitrogens with one attached hydrogen (secondary N) is 1. The zero-order valence-corrected chi connectivity index (χ0v) is 15.8. The lowest BCUT2D eigenvalue weighted by Gasteiger charge is -2.39. The molecule has 1 N–H and O–H groups in total. The van der Waals surface area contributed by atoms with Gasteiger partial charge in [-0.1, -0.05) is 11.6 Å². The van der Waals surface area contributed by atoms with Gasteiger partial charge >= 0.3 is 0 Å². The van der Waals surface area contributed by atoms with Crippen molar-refractivity contribution in [2.75, 3.05) is 31.1 Å². The fraction of sp³-hybridized carbons (Fsp3) is 0.400. The fourth-order valence-electron chi connectivity index (χ4n) is 4.29. The summed E-state index contributed by atoms with van der Waals surface area (Å²) in [5.41, 5.74) is 2.10. The van der Waals surface area contributed by atoms with E-state index in [1.165, 1.54) is 19.3 Å². The van der Waals surface area contributed by atoms with Crippen LogP contribution >= 0.6 is 11.6 Å². The third kappa shape index (κ3) is 3.03. The molecule has 0 unspecified atom stereocenters. The number of piperidine rings is 1. The van der Waals surface area contributed by atoms with Crippen LogP contribution in [-0.2, 0) is 0 Å². The molecule has 0 aliphatic carbocycles. The molecule has 5 heterocycles. The van der Waals surface area contributed by atoms with Gasteiger partial charge in [0.15, 0.2) is 11.0 Å². The van der Waals surface area contributed by atoms with Crippen LogP contribution in [-0.4, -0.2) is 46.1 Å². The molecule has 6 nitrogen and oxygen atoms in total. The van der Waals surface area contributed by atoms with Crippen molar-refractivity contribution in [3.63, 3.8) is 0 Å². The topological polar surface area (TPSA) is 66.8 Å². The van der Waals surface area contributed by atoms with Crippen molar-refractivity contribution in [2.45, 2.75) is 19.3 Å². The number of hydrogen-bond donors (Lipinski definition) is 1. The molecule has 0 amide bonds.